The predicted molar refractivity (Wildman–Crippen MR) is 76.2 cm³/mol. The second-order valence-corrected chi connectivity index (χ2v) is 4.49. The summed E-state index contributed by atoms with van der Waals surface area (Å²) < 4.78 is 5.90. The number of rotatable bonds is 2. The normalized spacial score (nSPS) is 10.4. The molecule has 0 saturated heterocycles. The fraction of sp³-hybridized carbons (Fsp3) is 0.286. The fourth-order valence-corrected chi connectivity index (χ4v) is 1.86. The molecule has 0 aliphatic rings. The van der Waals surface area contributed by atoms with Gasteiger partial charge in [0, 0.05) is 6.20 Å². The summed E-state index contributed by atoms with van der Waals surface area (Å²) in [5, 5.41) is 2.27. The molecule has 0 saturated carbocycles. The van der Waals surface area contributed by atoms with Gasteiger partial charge in [0.05, 0.1) is 12.3 Å². The number of pyridine rings is 1. The van der Waals surface area contributed by atoms with E-state index in [2.05, 4.69) is 15.0 Å². The molecule has 1 N–H and O–H groups in total. The molecule has 7 nitrogen and oxygen atoms in total. The first-order valence-corrected chi connectivity index (χ1v) is 6.41. The van der Waals surface area contributed by atoms with E-state index in [9.17, 15) is 14.4 Å². The Hall–Kier alpha value is -2.70. The van der Waals surface area contributed by atoms with Gasteiger partial charge in [-0.15, -0.1) is 0 Å². The van der Waals surface area contributed by atoms with Crippen LogP contribution in [-0.2, 0) is 14.3 Å². The van der Waals surface area contributed by atoms with Crippen molar-refractivity contribution in [2.45, 2.75) is 20.8 Å². The van der Waals surface area contributed by atoms with Gasteiger partial charge in [0.2, 0.25) is 0 Å². The summed E-state index contributed by atoms with van der Waals surface area (Å²) in [4.78, 5) is 39.6. The number of esters is 1. The quantitative estimate of drug-likeness (QED) is 0.653. The zero-order chi connectivity index (χ0) is 15.6. The minimum atomic E-state index is -1.04. The summed E-state index contributed by atoms with van der Waals surface area (Å²) in [6.45, 7) is 5.09. The Kier molecular flexibility index (Phi) is 4.02. The van der Waals surface area contributed by atoms with Gasteiger partial charge in [-0.25, -0.2) is 9.78 Å². The third-order valence-corrected chi connectivity index (χ3v) is 2.85. The van der Waals surface area contributed by atoms with Gasteiger partial charge in [-0.2, -0.15) is 0 Å². The van der Waals surface area contributed by atoms with E-state index in [1.165, 1.54) is 4.40 Å². The topological polar surface area (TPSA) is 89.8 Å². The summed E-state index contributed by atoms with van der Waals surface area (Å²) in [6, 6.07) is 3.54. The van der Waals surface area contributed by atoms with Gasteiger partial charge in [0.25, 0.3) is 5.56 Å². The lowest BCUT2D eigenvalue weighted by Gasteiger charge is -2.09. The Morgan fingerprint density at radius 2 is 2.05 bits per heavy atom. The molecule has 2 heterocycles. The molecular formula is C14H15N3O4. The van der Waals surface area contributed by atoms with E-state index in [0.717, 1.165) is 5.56 Å². The van der Waals surface area contributed by atoms with Gasteiger partial charge >= 0.3 is 11.9 Å². The number of carbonyl (C=O) groups is 2. The fourth-order valence-electron chi connectivity index (χ4n) is 1.86. The molecule has 0 unspecified atom stereocenters. The molecule has 0 spiro atoms. The van der Waals surface area contributed by atoms with Crippen LogP contribution in [-0.4, -0.2) is 27.9 Å². The van der Waals surface area contributed by atoms with Crippen molar-refractivity contribution in [1.82, 2.24) is 9.38 Å². The highest BCUT2D eigenvalue weighted by Crippen LogP contribution is 2.09. The van der Waals surface area contributed by atoms with Gasteiger partial charge < -0.3 is 10.1 Å². The molecule has 2 aromatic rings. The molecule has 0 radical (unpaired) electrons. The zero-order valence-corrected chi connectivity index (χ0v) is 12.0. The highest BCUT2D eigenvalue weighted by Gasteiger charge is 2.19. The minimum Gasteiger partial charge on any atom is -0.459 e. The Morgan fingerprint density at radius 3 is 2.71 bits per heavy atom. The van der Waals surface area contributed by atoms with Crippen molar-refractivity contribution in [2.75, 3.05) is 11.9 Å². The molecule has 0 fully saturated rings. The first-order valence-electron chi connectivity index (χ1n) is 6.41. The highest BCUT2D eigenvalue weighted by molar-refractivity contribution is 6.37. The molecule has 21 heavy (non-hydrogen) atoms. The van der Waals surface area contributed by atoms with Gasteiger partial charge in [0.15, 0.2) is 0 Å². The summed E-state index contributed by atoms with van der Waals surface area (Å²) in [7, 11) is 0. The maximum atomic E-state index is 12.4. The van der Waals surface area contributed by atoms with Crippen LogP contribution in [0, 0.1) is 13.8 Å². The first-order chi connectivity index (χ1) is 9.93. The van der Waals surface area contributed by atoms with Crippen LogP contribution < -0.4 is 10.9 Å². The molecule has 2 aromatic heterocycles. The van der Waals surface area contributed by atoms with Crippen molar-refractivity contribution in [2.24, 2.45) is 0 Å². The number of nitrogens with zero attached hydrogens (tertiary/aromatic N) is 2. The monoisotopic (exact) mass is 289 g/mol. The zero-order valence-electron chi connectivity index (χ0n) is 12.0. The average Bonchev–Trinajstić information content (AvgIpc) is 2.44. The highest BCUT2D eigenvalue weighted by atomic mass is 16.5. The Bertz CT molecular complexity index is 780. The maximum Gasteiger partial charge on any atom is 0.397 e. The van der Waals surface area contributed by atoms with Crippen molar-refractivity contribution < 1.29 is 14.3 Å². The molecule has 0 bridgehead atoms. The summed E-state index contributed by atoms with van der Waals surface area (Å²) >= 11 is 0. The Balaban J connectivity index is 2.47. The number of aryl methyl sites for hydroxylation is 2. The molecule has 110 valence electrons. The number of ether oxygens (including phenoxy) is 1. The van der Waals surface area contributed by atoms with Crippen LogP contribution in [0.2, 0.25) is 0 Å². The van der Waals surface area contributed by atoms with Crippen molar-refractivity contribution >= 4 is 23.2 Å². The van der Waals surface area contributed by atoms with Crippen LogP contribution in [0.15, 0.2) is 23.1 Å². The van der Waals surface area contributed by atoms with Gasteiger partial charge in [-0.05, 0) is 32.4 Å². The first kappa shape index (κ1) is 14.7. The van der Waals surface area contributed by atoms with Crippen LogP contribution >= 0.6 is 0 Å². The number of carbonyl (C=O) groups excluding carboxylic acids is 2. The largest absolute Gasteiger partial charge is 0.459 e. The third-order valence-electron chi connectivity index (χ3n) is 2.85. The molecule has 0 atom stereocenters. The number of anilines is 1. The van der Waals surface area contributed by atoms with Crippen LogP contribution in [0.3, 0.4) is 0 Å². The molecule has 0 aliphatic carbocycles. The van der Waals surface area contributed by atoms with Crippen molar-refractivity contribution in [3.8, 4) is 0 Å². The van der Waals surface area contributed by atoms with Gasteiger partial charge in [-0.3, -0.25) is 14.0 Å². The smallest absolute Gasteiger partial charge is 0.397 e. The molecular weight excluding hydrogens is 274 g/mol. The van der Waals surface area contributed by atoms with E-state index in [4.69, 9.17) is 0 Å². The van der Waals surface area contributed by atoms with Gasteiger partial charge in [0.1, 0.15) is 11.3 Å². The molecule has 7 heteroatoms. The standard InChI is InChI=1S/C14H15N3O4/c1-4-21-14(20)12(18)16-11-9(3)15-10-6-5-8(2)7-17(10)13(11)19/h5-7H,4H2,1-3H3,(H,16,18). The van der Waals surface area contributed by atoms with E-state index in [-0.39, 0.29) is 12.3 Å². The van der Waals surface area contributed by atoms with E-state index in [1.807, 2.05) is 13.0 Å². The second-order valence-electron chi connectivity index (χ2n) is 4.49. The van der Waals surface area contributed by atoms with Crippen LogP contribution in [0.4, 0.5) is 5.69 Å². The van der Waals surface area contributed by atoms with Crippen molar-refractivity contribution in [1.29, 1.82) is 0 Å². The number of aromatic nitrogens is 2. The van der Waals surface area contributed by atoms with E-state index in [0.29, 0.717) is 11.3 Å². The van der Waals surface area contributed by atoms with Crippen molar-refractivity contribution in [3.05, 3.63) is 39.9 Å². The average molecular weight is 289 g/mol. The molecule has 0 aromatic carbocycles. The predicted octanol–water partition coefficient (Wildman–Crippen LogP) is 0.813. The third kappa shape index (κ3) is 2.91. The van der Waals surface area contributed by atoms with Gasteiger partial charge in [-0.1, -0.05) is 6.07 Å². The second kappa shape index (κ2) is 5.74. The summed E-state index contributed by atoms with van der Waals surface area (Å²) in [5.74, 6) is -2.03. The number of hydrogen-bond donors (Lipinski definition) is 1. The minimum absolute atomic E-state index is 0.0313. The molecule has 1 amide bonds. The molecule has 0 aliphatic heterocycles. The van der Waals surface area contributed by atoms with E-state index < -0.39 is 17.4 Å². The molecule has 2 rings (SSSR count). The van der Waals surface area contributed by atoms with Crippen molar-refractivity contribution in [3.63, 3.8) is 0 Å². The van der Waals surface area contributed by atoms with Crippen LogP contribution in [0.25, 0.3) is 5.65 Å². The number of hydrogen-bond acceptors (Lipinski definition) is 5. The summed E-state index contributed by atoms with van der Waals surface area (Å²) in [5.41, 5.74) is 1.20. The number of nitrogens with one attached hydrogen (secondary N) is 1. The Morgan fingerprint density at radius 1 is 1.33 bits per heavy atom. The lowest BCUT2D eigenvalue weighted by molar-refractivity contribution is -0.152. The number of fused-ring (bicyclic) bond motifs is 1. The summed E-state index contributed by atoms with van der Waals surface area (Å²) in [6.07, 6.45) is 1.62. The Labute approximate surface area is 120 Å². The van der Waals surface area contributed by atoms with Crippen LogP contribution in [0.5, 0.6) is 0 Å². The van der Waals surface area contributed by atoms with E-state index in [1.54, 1.807) is 26.1 Å². The lowest BCUT2D eigenvalue weighted by Crippen LogP contribution is -2.30. The number of amides is 1. The van der Waals surface area contributed by atoms with E-state index >= 15 is 0 Å². The maximum absolute atomic E-state index is 12.4. The van der Waals surface area contributed by atoms with Crippen LogP contribution in [0.1, 0.15) is 18.2 Å². The SMILES string of the molecule is CCOC(=O)C(=O)Nc1c(C)nc2ccc(C)cn2c1=O. The lowest BCUT2D eigenvalue weighted by atomic mass is 10.3.